The van der Waals surface area contributed by atoms with E-state index < -0.39 is 0 Å². The van der Waals surface area contributed by atoms with Crippen LogP contribution < -0.4 is 5.32 Å². The predicted molar refractivity (Wildman–Crippen MR) is 293 cm³/mol. The first-order chi connectivity index (χ1) is 32.2. The summed E-state index contributed by atoms with van der Waals surface area (Å²) in [6, 6.07) is 0. The Balaban J connectivity index is -0.00000211. The van der Waals surface area contributed by atoms with Crippen LogP contribution in [0.5, 0.6) is 0 Å². The van der Waals surface area contributed by atoms with Gasteiger partial charge in [-0.3, -0.25) is 14.7 Å². The second-order valence-electron chi connectivity index (χ2n) is 19.9. The van der Waals surface area contributed by atoms with Gasteiger partial charge in [-0.05, 0) is 32.2 Å². The minimum absolute atomic E-state index is 0.232. The Morgan fingerprint density at radius 1 is 0.424 bits per heavy atom. The van der Waals surface area contributed by atoms with Gasteiger partial charge in [0.15, 0.2) is 0 Å². The molecule has 66 heavy (non-hydrogen) atoms. The molecule has 0 aliphatic carbocycles. The SMILES string of the molecule is CCC.CCCCCC.CCCCCCCCCCCCC(O)CN(CCN(CC)CCN1CCN(CCNCC(O)CC)CC1)CC(O)CCCCCCCCCC.CCCCCCO. The van der Waals surface area contributed by atoms with Crippen molar-refractivity contribution in [2.45, 2.75) is 273 Å². The molecule has 0 aromatic carbocycles. The van der Waals surface area contributed by atoms with Crippen molar-refractivity contribution in [3.63, 3.8) is 0 Å². The van der Waals surface area contributed by atoms with Gasteiger partial charge in [0.05, 0.1) is 18.3 Å². The Labute approximate surface area is 415 Å². The largest absolute Gasteiger partial charge is 0.396 e. The van der Waals surface area contributed by atoms with Crippen molar-refractivity contribution in [2.75, 3.05) is 98.2 Å². The van der Waals surface area contributed by atoms with Crippen molar-refractivity contribution in [3.8, 4) is 0 Å². The van der Waals surface area contributed by atoms with E-state index >= 15 is 0 Å². The molecular formula is C57H125N5O4. The lowest BCUT2D eigenvalue weighted by molar-refractivity contribution is 0.0537. The highest BCUT2D eigenvalue weighted by atomic mass is 16.3. The molecule has 1 aliphatic heterocycles. The molecule has 9 heteroatoms. The highest BCUT2D eigenvalue weighted by Gasteiger charge is 2.19. The number of piperazine rings is 1. The summed E-state index contributed by atoms with van der Waals surface area (Å²) >= 11 is 0. The molecule has 0 aromatic heterocycles. The van der Waals surface area contributed by atoms with Gasteiger partial charge in [-0.25, -0.2) is 0 Å². The smallest absolute Gasteiger partial charge is 0.0667 e. The molecule has 3 unspecified atom stereocenters. The standard InChI is InChI=1S/C42H89N5O3.C6H14O.C6H14.C3H8/c1-5-9-11-13-15-17-18-20-22-24-26-42(50)39-47(38-41(49)25-23-21-19-16-14-12-10-6-2)36-30-44(8-4)29-31-46-34-32-45(33-35-46)28-27-43-37-40(48)7-3;1-2-3-4-5-6-7;1-3-5-6-4-2;1-3-2/h40-43,48-50H,5-39H2,1-4H3;7H,2-6H2,1H3;3-6H2,1-2H3;3H2,1-2H3. The second-order valence-corrected chi connectivity index (χ2v) is 19.9. The summed E-state index contributed by atoms with van der Waals surface area (Å²) < 4.78 is 0. The zero-order valence-electron chi connectivity index (χ0n) is 46.6. The molecule has 1 rings (SSSR count). The number of rotatable bonds is 44. The first-order valence-corrected chi connectivity index (χ1v) is 29.4. The molecule has 1 saturated heterocycles. The molecule has 1 fully saturated rings. The summed E-state index contributed by atoms with van der Waals surface area (Å²) in [6.07, 6.45) is 36.7. The third-order valence-corrected chi connectivity index (χ3v) is 13.0. The van der Waals surface area contributed by atoms with Gasteiger partial charge in [0.2, 0.25) is 0 Å². The first kappa shape index (κ1) is 69.9. The summed E-state index contributed by atoms with van der Waals surface area (Å²) in [5, 5.41) is 43.5. The summed E-state index contributed by atoms with van der Waals surface area (Å²) in [5.74, 6) is 0. The number of hydrogen-bond donors (Lipinski definition) is 5. The van der Waals surface area contributed by atoms with Crippen LogP contribution in [-0.4, -0.2) is 157 Å². The van der Waals surface area contributed by atoms with Crippen molar-refractivity contribution in [3.05, 3.63) is 0 Å². The van der Waals surface area contributed by atoms with Gasteiger partial charge in [0, 0.05) is 91.7 Å². The van der Waals surface area contributed by atoms with E-state index in [2.05, 4.69) is 80.3 Å². The van der Waals surface area contributed by atoms with Crippen LogP contribution in [0.1, 0.15) is 255 Å². The number of aliphatic hydroxyl groups is 4. The van der Waals surface area contributed by atoms with E-state index in [1.807, 2.05) is 6.92 Å². The van der Waals surface area contributed by atoms with Crippen molar-refractivity contribution in [2.24, 2.45) is 0 Å². The van der Waals surface area contributed by atoms with E-state index in [1.165, 1.54) is 154 Å². The van der Waals surface area contributed by atoms with E-state index in [9.17, 15) is 15.3 Å². The van der Waals surface area contributed by atoms with Gasteiger partial charge >= 0.3 is 0 Å². The molecule has 0 spiro atoms. The first-order valence-electron chi connectivity index (χ1n) is 29.4. The Morgan fingerprint density at radius 2 is 0.773 bits per heavy atom. The van der Waals surface area contributed by atoms with Crippen LogP contribution in [0, 0.1) is 0 Å². The second kappa shape index (κ2) is 59.0. The van der Waals surface area contributed by atoms with Crippen LogP contribution in [0.15, 0.2) is 0 Å². The maximum atomic E-state index is 11.0. The fraction of sp³-hybridized carbons (Fsp3) is 1.00. The van der Waals surface area contributed by atoms with Crippen LogP contribution in [-0.2, 0) is 0 Å². The predicted octanol–water partition coefficient (Wildman–Crippen LogP) is 12.7. The summed E-state index contributed by atoms with van der Waals surface area (Å²) in [6.45, 7) is 33.7. The molecule has 0 amide bonds. The molecule has 0 radical (unpaired) electrons. The number of aliphatic hydroxyl groups excluding tert-OH is 4. The Morgan fingerprint density at radius 3 is 1.15 bits per heavy atom. The summed E-state index contributed by atoms with van der Waals surface area (Å²) in [4.78, 5) is 10.1. The van der Waals surface area contributed by atoms with Crippen LogP contribution in [0.25, 0.3) is 0 Å². The van der Waals surface area contributed by atoms with Crippen LogP contribution in [0.4, 0.5) is 0 Å². The highest BCUT2D eigenvalue weighted by Crippen LogP contribution is 2.15. The van der Waals surface area contributed by atoms with Gasteiger partial charge in [0.1, 0.15) is 0 Å². The molecule has 5 N–H and O–H groups in total. The average Bonchev–Trinajstić information content (AvgIpc) is 3.32. The van der Waals surface area contributed by atoms with Gasteiger partial charge in [0.25, 0.3) is 0 Å². The zero-order chi connectivity index (χ0) is 49.6. The minimum atomic E-state index is -0.308. The maximum absolute atomic E-state index is 11.0. The lowest BCUT2D eigenvalue weighted by atomic mass is 10.0. The van der Waals surface area contributed by atoms with Crippen LogP contribution in [0.2, 0.25) is 0 Å². The molecule has 0 aromatic rings. The number of nitrogens with zero attached hydrogens (tertiary/aromatic N) is 4. The van der Waals surface area contributed by atoms with Crippen molar-refractivity contribution >= 4 is 0 Å². The zero-order valence-corrected chi connectivity index (χ0v) is 46.6. The minimum Gasteiger partial charge on any atom is -0.396 e. The van der Waals surface area contributed by atoms with Gasteiger partial charge in [-0.1, -0.05) is 229 Å². The summed E-state index contributed by atoms with van der Waals surface area (Å²) in [5.41, 5.74) is 0. The van der Waals surface area contributed by atoms with E-state index in [0.717, 1.165) is 111 Å². The highest BCUT2D eigenvalue weighted by molar-refractivity contribution is 4.76. The average molecular weight is 945 g/mol. The molecule has 402 valence electrons. The van der Waals surface area contributed by atoms with Crippen molar-refractivity contribution in [1.82, 2.24) is 24.9 Å². The lowest BCUT2D eigenvalue weighted by Gasteiger charge is -2.36. The quantitative estimate of drug-likeness (QED) is 0.0382. The van der Waals surface area contributed by atoms with E-state index in [1.54, 1.807) is 0 Å². The molecule has 9 nitrogen and oxygen atoms in total. The van der Waals surface area contributed by atoms with Crippen LogP contribution in [0.3, 0.4) is 0 Å². The maximum Gasteiger partial charge on any atom is 0.0667 e. The lowest BCUT2D eigenvalue weighted by Crippen LogP contribution is -2.50. The molecule has 1 heterocycles. The normalized spacial score (nSPS) is 14.6. The summed E-state index contributed by atoms with van der Waals surface area (Å²) in [7, 11) is 0. The van der Waals surface area contributed by atoms with Gasteiger partial charge in [-0.15, -0.1) is 0 Å². The number of nitrogens with one attached hydrogen (secondary N) is 1. The number of likely N-dealkylation sites (N-methyl/N-ethyl adjacent to an activating group) is 1. The van der Waals surface area contributed by atoms with Crippen molar-refractivity contribution < 1.29 is 20.4 Å². The molecular weight excluding hydrogens is 819 g/mol. The van der Waals surface area contributed by atoms with Crippen molar-refractivity contribution in [1.29, 1.82) is 0 Å². The Bertz CT molecular complexity index is 844. The molecule has 0 saturated carbocycles. The molecule has 0 bridgehead atoms. The molecule has 1 aliphatic rings. The number of hydrogen-bond acceptors (Lipinski definition) is 9. The third-order valence-electron chi connectivity index (χ3n) is 13.0. The van der Waals surface area contributed by atoms with Gasteiger partial charge in [-0.2, -0.15) is 0 Å². The fourth-order valence-electron chi connectivity index (χ4n) is 8.34. The molecule has 3 atom stereocenters. The van der Waals surface area contributed by atoms with Crippen LogP contribution >= 0.6 is 0 Å². The fourth-order valence-corrected chi connectivity index (χ4v) is 8.34. The Kier molecular flexibility index (Phi) is 62.4. The monoisotopic (exact) mass is 944 g/mol. The third kappa shape index (κ3) is 54.6. The van der Waals surface area contributed by atoms with Gasteiger partial charge < -0.3 is 30.6 Å². The topological polar surface area (TPSA) is 106 Å². The van der Waals surface area contributed by atoms with E-state index in [0.29, 0.717) is 26.2 Å². The Hall–Kier alpha value is -0.360. The number of unbranched alkanes of at least 4 members (excludes halogenated alkanes) is 22. The van der Waals surface area contributed by atoms with E-state index in [-0.39, 0.29) is 18.3 Å². The van der Waals surface area contributed by atoms with E-state index in [4.69, 9.17) is 5.11 Å².